The van der Waals surface area contributed by atoms with Crippen LogP contribution in [-0.4, -0.2) is 52.6 Å². The van der Waals surface area contributed by atoms with Gasteiger partial charge in [0.25, 0.3) is 0 Å². The summed E-state index contributed by atoms with van der Waals surface area (Å²) in [6, 6.07) is 10.4. The zero-order valence-corrected chi connectivity index (χ0v) is 17.5. The Kier molecular flexibility index (Phi) is 6.63. The SMILES string of the molecule is CC(C)(C)OC(=O)N1CCC[C@@H]1[C@H]1CCCCN1C(=O)CCc1ccccc1. The number of carbonyl (C=O) groups is 2. The number of amides is 2. The highest BCUT2D eigenvalue weighted by atomic mass is 16.6. The van der Waals surface area contributed by atoms with Crippen molar-refractivity contribution >= 4 is 12.0 Å². The summed E-state index contributed by atoms with van der Waals surface area (Å²) < 4.78 is 5.63. The van der Waals surface area contributed by atoms with Crippen molar-refractivity contribution in [2.24, 2.45) is 0 Å². The largest absolute Gasteiger partial charge is 0.444 e. The minimum atomic E-state index is -0.498. The van der Waals surface area contributed by atoms with Crippen molar-refractivity contribution in [3.05, 3.63) is 35.9 Å². The lowest BCUT2D eigenvalue weighted by Crippen LogP contribution is -2.55. The van der Waals surface area contributed by atoms with Crippen LogP contribution in [0.3, 0.4) is 0 Å². The van der Waals surface area contributed by atoms with Gasteiger partial charge in [0.15, 0.2) is 0 Å². The summed E-state index contributed by atoms with van der Waals surface area (Å²) >= 11 is 0. The van der Waals surface area contributed by atoms with Gasteiger partial charge in [0.2, 0.25) is 5.91 Å². The molecule has 2 atom stereocenters. The molecule has 0 spiro atoms. The van der Waals surface area contributed by atoms with Gasteiger partial charge in [-0.25, -0.2) is 4.79 Å². The van der Waals surface area contributed by atoms with E-state index in [0.717, 1.165) is 51.6 Å². The highest BCUT2D eigenvalue weighted by Gasteiger charge is 2.41. The Morgan fingerprint density at radius 2 is 1.61 bits per heavy atom. The van der Waals surface area contributed by atoms with Gasteiger partial charge in [0.1, 0.15) is 5.60 Å². The molecule has 3 rings (SSSR count). The Hall–Kier alpha value is -2.04. The fraction of sp³-hybridized carbons (Fsp3) is 0.652. The lowest BCUT2D eigenvalue weighted by molar-refractivity contribution is -0.136. The Balaban J connectivity index is 1.66. The molecule has 0 radical (unpaired) electrons. The van der Waals surface area contributed by atoms with E-state index in [-0.39, 0.29) is 24.1 Å². The molecule has 2 amide bonds. The number of nitrogens with zero attached hydrogens (tertiary/aromatic N) is 2. The van der Waals surface area contributed by atoms with Crippen molar-refractivity contribution in [2.45, 2.75) is 83.4 Å². The number of benzene rings is 1. The smallest absolute Gasteiger partial charge is 0.410 e. The van der Waals surface area contributed by atoms with E-state index in [2.05, 4.69) is 17.0 Å². The molecule has 0 unspecified atom stereocenters. The summed E-state index contributed by atoms with van der Waals surface area (Å²) in [6.45, 7) is 7.22. The number of carbonyl (C=O) groups excluding carboxylic acids is 2. The summed E-state index contributed by atoms with van der Waals surface area (Å²) in [7, 11) is 0. The van der Waals surface area contributed by atoms with Gasteiger partial charge in [0, 0.05) is 19.5 Å². The topological polar surface area (TPSA) is 49.9 Å². The van der Waals surface area contributed by atoms with E-state index in [4.69, 9.17) is 4.74 Å². The van der Waals surface area contributed by atoms with Crippen LogP contribution in [0.4, 0.5) is 4.79 Å². The fourth-order valence-electron chi connectivity index (χ4n) is 4.45. The molecule has 5 heteroatoms. The van der Waals surface area contributed by atoms with Gasteiger partial charge < -0.3 is 14.5 Å². The number of ether oxygens (including phenoxy) is 1. The quantitative estimate of drug-likeness (QED) is 0.771. The predicted molar refractivity (Wildman–Crippen MR) is 110 cm³/mol. The molecule has 2 saturated heterocycles. The Labute approximate surface area is 169 Å². The Bertz CT molecular complexity index is 668. The molecule has 2 aliphatic heterocycles. The Morgan fingerprint density at radius 3 is 2.32 bits per heavy atom. The minimum Gasteiger partial charge on any atom is -0.444 e. The number of hydrogen-bond donors (Lipinski definition) is 0. The molecule has 2 fully saturated rings. The first-order valence-corrected chi connectivity index (χ1v) is 10.7. The highest BCUT2D eigenvalue weighted by Crippen LogP contribution is 2.31. The first-order valence-electron chi connectivity index (χ1n) is 10.7. The van der Waals surface area contributed by atoms with Crippen molar-refractivity contribution < 1.29 is 14.3 Å². The van der Waals surface area contributed by atoms with Crippen LogP contribution in [0.1, 0.15) is 64.9 Å². The molecule has 0 saturated carbocycles. The minimum absolute atomic E-state index is 0.0795. The number of aryl methyl sites for hydroxylation is 1. The van der Waals surface area contributed by atoms with Crippen molar-refractivity contribution in [1.82, 2.24) is 9.80 Å². The molecule has 2 heterocycles. The summed E-state index contributed by atoms with van der Waals surface area (Å²) in [5.41, 5.74) is 0.697. The standard InChI is InChI=1S/C23H34N2O3/c1-23(2,3)28-22(27)25-17-9-13-20(25)19-12-7-8-16-24(19)21(26)15-14-18-10-5-4-6-11-18/h4-6,10-11,19-20H,7-9,12-17H2,1-3H3/t19-,20-/m1/s1. The van der Waals surface area contributed by atoms with Gasteiger partial charge in [0.05, 0.1) is 12.1 Å². The molecule has 1 aromatic carbocycles. The molecular formula is C23H34N2O3. The van der Waals surface area contributed by atoms with E-state index in [1.54, 1.807) is 0 Å². The molecule has 154 valence electrons. The molecule has 5 nitrogen and oxygen atoms in total. The third-order valence-electron chi connectivity index (χ3n) is 5.71. The Morgan fingerprint density at radius 1 is 0.964 bits per heavy atom. The molecule has 0 bridgehead atoms. The van der Waals surface area contributed by atoms with Crippen LogP contribution in [0.15, 0.2) is 30.3 Å². The number of piperidine rings is 1. The van der Waals surface area contributed by atoms with E-state index in [1.807, 2.05) is 43.9 Å². The second kappa shape index (κ2) is 8.97. The zero-order valence-electron chi connectivity index (χ0n) is 17.5. The second-order valence-corrected chi connectivity index (χ2v) is 9.02. The van der Waals surface area contributed by atoms with E-state index in [0.29, 0.717) is 6.42 Å². The summed E-state index contributed by atoms with van der Waals surface area (Å²) in [6.07, 6.45) is 6.12. The summed E-state index contributed by atoms with van der Waals surface area (Å²) in [4.78, 5) is 29.7. The van der Waals surface area contributed by atoms with Gasteiger partial charge in [-0.15, -0.1) is 0 Å². The van der Waals surface area contributed by atoms with Crippen LogP contribution in [0.25, 0.3) is 0 Å². The van der Waals surface area contributed by atoms with Crippen molar-refractivity contribution in [1.29, 1.82) is 0 Å². The lowest BCUT2D eigenvalue weighted by atomic mass is 9.93. The zero-order chi connectivity index (χ0) is 20.1. The lowest BCUT2D eigenvalue weighted by Gasteiger charge is -2.42. The predicted octanol–water partition coefficient (Wildman–Crippen LogP) is 4.40. The van der Waals surface area contributed by atoms with Crippen molar-refractivity contribution in [3.8, 4) is 0 Å². The highest BCUT2D eigenvalue weighted by molar-refractivity contribution is 5.77. The second-order valence-electron chi connectivity index (χ2n) is 9.02. The first-order chi connectivity index (χ1) is 13.3. The molecule has 2 aliphatic rings. The molecule has 1 aromatic rings. The third kappa shape index (κ3) is 5.27. The van der Waals surface area contributed by atoms with Gasteiger partial charge in [-0.1, -0.05) is 30.3 Å². The van der Waals surface area contributed by atoms with E-state index in [9.17, 15) is 9.59 Å². The van der Waals surface area contributed by atoms with E-state index >= 15 is 0 Å². The molecular weight excluding hydrogens is 352 g/mol. The normalized spacial score (nSPS) is 23.0. The number of rotatable bonds is 4. The summed E-state index contributed by atoms with van der Waals surface area (Å²) in [5, 5.41) is 0. The van der Waals surface area contributed by atoms with Crippen LogP contribution >= 0.6 is 0 Å². The van der Waals surface area contributed by atoms with E-state index < -0.39 is 5.60 Å². The van der Waals surface area contributed by atoms with Crippen LogP contribution in [0.5, 0.6) is 0 Å². The van der Waals surface area contributed by atoms with Gasteiger partial charge in [-0.2, -0.15) is 0 Å². The number of likely N-dealkylation sites (tertiary alicyclic amines) is 2. The first kappa shape index (κ1) is 20.7. The maximum absolute atomic E-state index is 13.0. The monoisotopic (exact) mass is 386 g/mol. The van der Waals surface area contributed by atoms with E-state index in [1.165, 1.54) is 5.56 Å². The van der Waals surface area contributed by atoms with Crippen LogP contribution in [0.2, 0.25) is 0 Å². The van der Waals surface area contributed by atoms with Crippen LogP contribution < -0.4 is 0 Å². The van der Waals surface area contributed by atoms with Crippen LogP contribution in [0, 0.1) is 0 Å². The third-order valence-corrected chi connectivity index (χ3v) is 5.71. The number of hydrogen-bond acceptors (Lipinski definition) is 3. The molecule has 0 aromatic heterocycles. The molecule has 0 N–H and O–H groups in total. The van der Waals surface area contributed by atoms with Crippen molar-refractivity contribution in [3.63, 3.8) is 0 Å². The van der Waals surface area contributed by atoms with Gasteiger partial charge >= 0.3 is 6.09 Å². The average Bonchev–Trinajstić information content (AvgIpc) is 3.15. The van der Waals surface area contributed by atoms with Gasteiger partial charge in [-0.05, 0) is 64.9 Å². The van der Waals surface area contributed by atoms with Crippen LogP contribution in [-0.2, 0) is 16.0 Å². The maximum atomic E-state index is 13.0. The molecule has 0 aliphatic carbocycles. The average molecular weight is 387 g/mol. The fourth-order valence-corrected chi connectivity index (χ4v) is 4.45. The summed E-state index contributed by atoms with van der Waals surface area (Å²) in [5.74, 6) is 0.213. The maximum Gasteiger partial charge on any atom is 0.410 e. The molecule has 28 heavy (non-hydrogen) atoms. The van der Waals surface area contributed by atoms with Gasteiger partial charge in [-0.3, -0.25) is 4.79 Å². The van der Waals surface area contributed by atoms with Crippen molar-refractivity contribution in [2.75, 3.05) is 13.1 Å².